The van der Waals surface area contributed by atoms with Gasteiger partial charge in [-0.05, 0) is 67.2 Å². The molecule has 0 aliphatic heterocycles. The number of hydrogen-bond donors (Lipinski definition) is 1. The van der Waals surface area contributed by atoms with Crippen LogP contribution in [0.4, 0.5) is 5.13 Å². The molecule has 3 aliphatic carbocycles. The monoisotopic (exact) mass is 498 g/mol. The third-order valence-corrected chi connectivity index (χ3v) is 9.72. The second kappa shape index (κ2) is 8.85. The number of Topliss-reactive ketones (excluding diaryl/α,β-unsaturated/α-hetero) is 2. The normalized spacial score (nSPS) is 21.0. The molecule has 1 N–H and O–H groups in total. The lowest BCUT2D eigenvalue weighted by atomic mass is 9.96. The molecule has 3 saturated carbocycles. The third kappa shape index (κ3) is 4.77. The minimum absolute atomic E-state index is 0.0448. The van der Waals surface area contributed by atoms with Crippen LogP contribution >= 0.6 is 11.3 Å². The number of allylic oxidation sites excluding steroid dienone is 1. The van der Waals surface area contributed by atoms with Gasteiger partial charge in [0.05, 0.1) is 10.1 Å². The summed E-state index contributed by atoms with van der Waals surface area (Å²) in [5, 5.41) is 4.41. The lowest BCUT2D eigenvalue weighted by Gasteiger charge is -2.15. The van der Waals surface area contributed by atoms with Crippen molar-refractivity contribution in [1.82, 2.24) is 4.98 Å². The molecule has 5 rings (SSSR count). The van der Waals surface area contributed by atoms with Gasteiger partial charge in [-0.15, -0.1) is 11.3 Å². The van der Waals surface area contributed by atoms with Crippen molar-refractivity contribution >= 4 is 49.4 Å². The van der Waals surface area contributed by atoms with Crippen molar-refractivity contribution in [2.24, 2.45) is 5.92 Å². The number of sulfone groups is 1. The van der Waals surface area contributed by atoms with Gasteiger partial charge in [0.25, 0.3) is 5.91 Å². The van der Waals surface area contributed by atoms with Crippen LogP contribution in [0.1, 0.15) is 79.4 Å². The minimum Gasteiger partial charge on any atom is -0.300 e. The zero-order chi connectivity index (χ0) is 24.0. The van der Waals surface area contributed by atoms with E-state index in [1.165, 1.54) is 18.3 Å². The van der Waals surface area contributed by atoms with Gasteiger partial charge in [0.15, 0.2) is 20.8 Å². The van der Waals surface area contributed by atoms with E-state index in [2.05, 4.69) is 10.3 Å². The fraction of sp³-hybridized carbons (Fsp3) is 0.440. The van der Waals surface area contributed by atoms with E-state index < -0.39 is 9.84 Å². The summed E-state index contributed by atoms with van der Waals surface area (Å²) in [5.74, 6) is -0.243. The lowest BCUT2D eigenvalue weighted by Crippen LogP contribution is -2.16. The number of benzene rings is 1. The first-order valence-electron chi connectivity index (χ1n) is 11.6. The molecule has 0 saturated heterocycles. The average Bonchev–Trinajstić information content (AvgIpc) is 3.72. The molecule has 1 amide bonds. The van der Waals surface area contributed by atoms with E-state index in [-0.39, 0.29) is 40.3 Å². The Kier molecular flexibility index (Phi) is 6.02. The molecule has 0 unspecified atom stereocenters. The van der Waals surface area contributed by atoms with Crippen LogP contribution in [-0.2, 0) is 19.4 Å². The van der Waals surface area contributed by atoms with E-state index in [9.17, 15) is 22.8 Å². The molecule has 3 aliphatic rings. The molecule has 0 radical (unpaired) electrons. The van der Waals surface area contributed by atoms with Gasteiger partial charge in [0, 0.05) is 30.7 Å². The molecule has 3 fully saturated rings. The topological polar surface area (TPSA) is 110 Å². The van der Waals surface area contributed by atoms with Gasteiger partial charge in [0.1, 0.15) is 11.5 Å². The molecule has 1 aromatic carbocycles. The standard InChI is InChI=1S/C25H26N2O5S2/c1-14(28)22-13-33-25(26-22)27-24(30)21(11-15-2-6-18(29)10-15)17-5-9-23(20(12-17)16-3-4-16)34(31,32)19-7-8-19/h5,9,11-13,15-16,19H,2-4,6-8,10H2,1H3,(H,26,27,30)/b21-11+/t15-/m0/s1. The van der Waals surface area contributed by atoms with Crippen LogP contribution in [0.25, 0.3) is 5.57 Å². The smallest absolute Gasteiger partial charge is 0.257 e. The molecule has 2 aromatic rings. The van der Waals surface area contributed by atoms with Crippen molar-refractivity contribution in [2.75, 3.05) is 5.32 Å². The largest absolute Gasteiger partial charge is 0.300 e. The second-order valence-corrected chi connectivity index (χ2v) is 12.5. The second-order valence-electron chi connectivity index (χ2n) is 9.44. The molecule has 178 valence electrons. The van der Waals surface area contributed by atoms with Crippen LogP contribution in [0, 0.1) is 5.92 Å². The lowest BCUT2D eigenvalue weighted by molar-refractivity contribution is -0.117. The molecule has 1 aromatic heterocycles. The Bertz CT molecular complexity index is 1320. The van der Waals surface area contributed by atoms with Gasteiger partial charge >= 0.3 is 0 Å². The van der Waals surface area contributed by atoms with Crippen molar-refractivity contribution in [1.29, 1.82) is 0 Å². The molecule has 1 atom stereocenters. The van der Waals surface area contributed by atoms with E-state index >= 15 is 0 Å². The number of carbonyl (C=O) groups excluding carboxylic acids is 3. The summed E-state index contributed by atoms with van der Waals surface area (Å²) in [6, 6.07) is 5.19. The molecule has 34 heavy (non-hydrogen) atoms. The summed E-state index contributed by atoms with van der Waals surface area (Å²) in [7, 11) is -3.35. The Hall–Kier alpha value is -2.65. The van der Waals surface area contributed by atoms with Gasteiger partial charge in [-0.2, -0.15) is 0 Å². The van der Waals surface area contributed by atoms with E-state index in [1.54, 1.807) is 17.5 Å². The van der Waals surface area contributed by atoms with E-state index in [0.717, 1.165) is 18.4 Å². The first kappa shape index (κ1) is 23.1. The molecule has 0 spiro atoms. The van der Waals surface area contributed by atoms with E-state index in [4.69, 9.17) is 0 Å². The fourth-order valence-electron chi connectivity index (χ4n) is 4.43. The van der Waals surface area contributed by atoms with Gasteiger partial charge in [-0.1, -0.05) is 12.1 Å². The molecule has 9 heteroatoms. The van der Waals surface area contributed by atoms with E-state index in [1.807, 2.05) is 12.1 Å². The Morgan fingerprint density at radius 3 is 2.50 bits per heavy atom. The third-order valence-electron chi connectivity index (χ3n) is 6.62. The summed E-state index contributed by atoms with van der Waals surface area (Å²) in [6.45, 7) is 1.42. The van der Waals surface area contributed by atoms with Crippen molar-refractivity contribution < 1.29 is 22.8 Å². The predicted octanol–water partition coefficient (Wildman–Crippen LogP) is 4.55. The number of nitrogens with zero attached hydrogens (tertiary/aromatic N) is 1. The first-order chi connectivity index (χ1) is 16.2. The Morgan fingerprint density at radius 1 is 1.15 bits per heavy atom. The molecular formula is C25H26N2O5S2. The number of amides is 1. The summed E-state index contributed by atoms with van der Waals surface area (Å²) >= 11 is 1.17. The quantitative estimate of drug-likeness (QED) is 0.422. The van der Waals surface area contributed by atoms with Crippen molar-refractivity contribution in [2.45, 2.75) is 67.9 Å². The Morgan fingerprint density at radius 2 is 1.91 bits per heavy atom. The number of anilines is 1. The van der Waals surface area contributed by atoms with Crippen molar-refractivity contribution in [3.05, 3.63) is 46.5 Å². The summed E-state index contributed by atoms with van der Waals surface area (Å²) < 4.78 is 26.0. The van der Waals surface area contributed by atoms with Crippen molar-refractivity contribution in [3.63, 3.8) is 0 Å². The maximum Gasteiger partial charge on any atom is 0.257 e. The fourth-order valence-corrected chi connectivity index (χ4v) is 7.10. The highest BCUT2D eigenvalue weighted by atomic mass is 32.2. The molecular weight excluding hydrogens is 472 g/mol. The zero-order valence-corrected chi connectivity index (χ0v) is 20.5. The van der Waals surface area contributed by atoms with Crippen LogP contribution in [0.2, 0.25) is 0 Å². The highest BCUT2D eigenvalue weighted by Gasteiger charge is 2.40. The maximum atomic E-state index is 13.4. The number of hydrogen-bond acceptors (Lipinski definition) is 7. The average molecular weight is 499 g/mol. The number of ketones is 2. The van der Waals surface area contributed by atoms with Crippen LogP contribution in [0.3, 0.4) is 0 Å². The molecule has 1 heterocycles. The van der Waals surface area contributed by atoms with Crippen molar-refractivity contribution in [3.8, 4) is 0 Å². The van der Waals surface area contributed by atoms with Gasteiger partial charge < -0.3 is 0 Å². The highest BCUT2D eigenvalue weighted by Crippen LogP contribution is 2.46. The zero-order valence-electron chi connectivity index (χ0n) is 18.9. The number of nitrogens with one attached hydrogen (secondary N) is 1. The Balaban J connectivity index is 1.51. The maximum absolute atomic E-state index is 13.4. The van der Waals surface area contributed by atoms with Gasteiger partial charge in [0.2, 0.25) is 0 Å². The van der Waals surface area contributed by atoms with Crippen LogP contribution in [-0.4, -0.2) is 36.1 Å². The number of thiazole rings is 1. The molecule has 7 nitrogen and oxygen atoms in total. The number of rotatable bonds is 8. The van der Waals surface area contributed by atoms with Crippen LogP contribution in [0.5, 0.6) is 0 Å². The first-order valence-corrected chi connectivity index (χ1v) is 14.0. The van der Waals surface area contributed by atoms with Crippen LogP contribution < -0.4 is 5.32 Å². The SMILES string of the molecule is CC(=O)c1csc(NC(=O)/C(=C/[C@H]2CCC(=O)C2)c2ccc(S(=O)(=O)C3CC3)c(C3CC3)c2)n1. The Labute approximate surface area is 202 Å². The summed E-state index contributed by atoms with van der Waals surface area (Å²) in [5.41, 5.74) is 2.12. The summed E-state index contributed by atoms with van der Waals surface area (Å²) in [6.07, 6.45) is 6.69. The summed E-state index contributed by atoms with van der Waals surface area (Å²) in [4.78, 5) is 41.3. The minimum atomic E-state index is -3.35. The van der Waals surface area contributed by atoms with Crippen LogP contribution in [0.15, 0.2) is 34.6 Å². The number of aromatic nitrogens is 1. The number of carbonyl (C=O) groups is 3. The van der Waals surface area contributed by atoms with Gasteiger partial charge in [-0.3, -0.25) is 19.7 Å². The van der Waals surface area contributed by atoms with E-state index in [0.29, 0.717) is 53.3 Å². The van der Waals surface area contributed by atoms with Gasteiger partial charge in [-0.25, -0.2) is 13.4 Å². The predicted molar refractivity (Wildman–Crippen MR) is 130 cm³/mol. The molecule has 0 bridgehead atoms. The highest BCUT2D eigenvalue weighted by molar-refractivity contribution is 7.92.